The first kappa shape index (κ1) is 23.9. The average molecular weight is 393 g/mol. The topological polar surface area (TPSA) is 35.5 Å². The van der Waals surface area contributed by atoms with Gasteiger partial charge >= 0.3 is 5.97 Å². The van der Waals surface area contributed by atoms with E-state index in [4.69, 9.17) is 9.16 Å². The Bertz CT molecular complexity index is 616. The predicted molar refractivity (Wildman–Crippen MR) is 117 cm³/mol. The summed E-state index contributed by atoms with van der Waals surface area (Å²) >= 11 is 0. The van der Waals surface area contributed by atoms with Crippen molar-refractivity contribution in [2.45, 2.75) is 97.4 Å². The molecule has 0 N–H and O–H groups in total. The highest BCUT2D eigenvalue weighted by atomic mass is 28.4. The van der Waals surface area contributed by atoms with Crippen LogP contribution in [0, 0.1) is 0 Å². The van der Waals surface area contributed by atoms with Crippen molar-refractivity contribution in [1.82, 2.24) is 0 Å². The lowest BCUT2D eigenvalue weighted by Crippen LogP contribution is -2.49. The van der Waals surface area contributed by atoms with E-state index in [2.05, 4.69) is 66.8 Å². The van der Waals surface area contributed by atoms with Crippen LogP contribution in [0.3, 0.4) is 0 Å². The van der Waals surface area contributed by atoms with E-state index in [-0.39, 0.29) is 11.0 Å². The highest BCUT2D eigenvalue weighted by molar-refractivity contribution is 6.74. The lowest BCUT2D eigenvalue weighted by molar-refractivity contribution is -0.135. The maximum absolute atomic E-state index is 12.1. The Balaban J connectivity index is 3.15. The fourth-order valence-electron chi connectivity index (χ4n) is 3.19. The molecule has 3 nitrogen and oxygen atoms in total. The van der Waals surface area contributed by atoms with Crippen LogP contribution in [0.25, 0.3) is 0 Å². The van der Waals surface area contributed by atoms with Gasteiger partial charge in [0.1, 0.15) is 0 Å². The third-order valence-electron chi connectivity index (χ3n) is 5.95. The zero-order valence-corrected chi connectivity index (χ0v) is 20.0. The molecule has 0 saturated heterocycles. The van der Waals surface area contributed by atoms with E-state index in [1.165, 1.54) is 18.3 Å². The van der Waals surface area contributed by atoms with E-state index >= 15 is 0 Å². The van der Waals surface area contributed by atoms with Crippen molar-refractivity contribution >= 4 is 14.3 Å². The minimum absolute atomic E-state index is 0.123. The minimum atomic E-state index is -1.98. The van der Waals surface area contributed by atoms with Crippen molar-refractivity contribution in [2.75, 3.05) is 7.11 Å². The number of carbonyl (C=O) groups excluding carboxylic acids is 1. The number of carbonyl (C=O) groups is 1. The van der Waals surface area contributed by atoms with Gasteiger partial charge in [0.05, 0.1) is 12.7 Å². The summed E-state index contributed by atoms with van der Waals surface area (Å²) in [5, 5.41) is 0.123. The number of rotatable bonds is 6. The molecule has 0 heterocycles. The first-order valence-corrected chi connectivity index (χ1v) is 13.0. The number of ether oxygens (including phenoxy) is 1. The Labute approximate surface area is 168 Å². The first-order chi connectivity index (χ1) is 12.3. The van der Waals surface area contributed by atoms with Crippen molar-refractivity contribution in [3.8, 4) is 0 Å². The second-order valence-electron chi connectivity index (χ2n) is 9.68. The Morgan fingerprint density at radius 1 is 1.30 bits per heavy atom. The van der Waals surface area contributed by atoms with Crippen LogP contribution in [0.15, 0.2) is 34.9 Å². The van der Waals surface area contributed by atoms with Crippen LogP contribution in [0.1, 0.15) is 73.6 Å². The second kappa shape index (κ2) is 9.38. The smallest absolute Gasteiger partial charge is 0.330 e. The average Bonchev–Trinajstić information content (AvgIpc) is 2.65. The van der Waals surface area contributed by atoms with Crippen molar-refractivity contribution < 1.29 is 14.0 Å². The maximum atomic E-state index is 12.1. The summed E-state index contributed by atoms with van der Waals surface area (Å²) in [6, 6.07) is 0. The molecule has 1 aliphatic carbocycles. The molecule has 4 heteroatoms. The van der Waals surface area contributed by atoms with Gasteiger partial charge in [-0.1, -0.05) is 44.1 Å². The molecule has 0 aromatic heterocycles. The van der Waals surface area contributed by atoms with Crippen LogP contribution in [0.4, 0.5) is 0 Å². The molecule has 0 bridgehead atoms. The number of hydrogen-bond donors (Lipinski definition) is 0. The molecule has 1 aliphatic rings. The quantitative estimate of drug-likeness (QED) is 0.218. The molecule has 0 aromatic rings. The largest absolute Gasteiger partial charge is 0.466 e. The molecule has 0 radical (unpaired) electrons. The second-order valence-corrected chi connectivity index (χ2v) is 14.4. The van der Waals surface area contributed by atoms with Crippen molar-refractivity contribution in [3.05, 3.63) is 34.9 Å². The molecule has 0 amide bonds. The van der Waals surface area contributed by atoms with Gasteiger partial charge < -0.3 is 9.16 Å². The predicted octanol–water partition coefficient (Wildman–Crippen LogP) is 6.72. The molecule has 27 heavy (non-hydrogen) atoms. The summed E-state index contributed by atoms with van der Waals surface area (Å²) in [6.07, 6.45) is 11.0. The fourth-order valence-corrected chi connectivity index (χ4v) is 4.86. The molecule has 0 unspecified atom stereocenters. The summed E-state index contributed by atoms with van der Waals surface area (Å²) in [4.78, 5) is 12.1. The van der Waals surface area contributed by atoms with E-state index in [0.717, 1.165) is 37.7 Å². The van der Waals surface area contributed by atoms with Crippen LogP contribution < -0.4 is 0 Å². The summed E-state index contributed by atoms with van der Waals surface area (Å²) in [7, 11) is -0.540. The molecular formula is C23H40O3Si. The van der Waals surface area contributed by atoms with Gasteiger partial charge in [-0.25, -0.2) is 4.79 Å². The first-order valence-electron chi connectivity index (χ1n) is 10.1. The highest BCUT2D eigenvalue weighted by Gasteiger charge is 2.44. The van der Waals surface area contributed by atoms with E-state index in [1.54, 1.807) is 6.08 Å². The zero-order chi connectivity index (χ0) is 20.9. The van der Waals surface area contributed by atoms with Gasteiger partial charge in [-0.05, 0) is 76.6 Å². The number of allylic oxidation sites excluding steroid dienone is 4. The summed E-state index contributed by atoms with van der Waals surface area (Å²) in [5.74, 6) is -0.291. The highest BCUT2D eigenvalue weighted by Crippen LogP contribution is 2.44. The summed E-state index contributed by atoms with van der Waals surface area (Å²) in [5.41, 5.74) is 3.37. The van der Waals surface area contributed by atoms with Gasteiger partial charge in [0.15, 0.2) is 8.32 Å². The van der Waals surface area contributed by atoms with Gasteiger partial charge in [-0.3, -0.25) is 0 Å². The van der Waals surface area contributed by atoms with Crippen molar-refractivity contribution in [3.63, 3.8) is 0 Å². The standard InChI is InChI=1S/C23H40O3Si/c1-18(2)12-10-13-19-14-11-15-23(6,20(16-19)17-21(24)25-7)26-27(8,9)22(3,4)5/h12,14,17H,10-11,13,15-16H2,1-9H3/b20-17+/t23-/m1/s1. The van der Waals surface area contributed by atoms with Crippen LogP contribution in [-0.2, 0) is 14.0 Å². The SMILES string of the molecule is COC(=O)/C=C1\CC(CCC=C(C)C)=CCC[C@@]1(C)O[Si](C)(C)C(C)(C)C. The third-order valence-corrected chi connectivity index (χ3v) is 10.5. The molecule has 1 atom stereocenters. The minimum Gasteiger partial charge on any atom is -0.466 e. The van der Waals surface area contributed by atoms with E-state index in [1.807, 2.05) is 0 Å². The Kier molecular flexibility index (Phi) is 8.30. The van der Waals surface area contributed by atoms with Gasteiger partial charge in [-0.15, -0.1) is 0 Å². The van der Waals surface area contributed by atoms with Crippen LogP contribution in [-0.4, -0.2) is 27.0 Å². The molecule has 154 valence electrons. The molecule has 0 spiro atoms. The summed E-state index contributed by atoms with van der Waals surface area (Å²) in [6.45, 7) is 17.8. The van der Waals surface area contributed by atoms with Crippen molar-refractivity contribution in [2.24, 2.45) is 0 Å². The summed E-state index contributed by atoms with van der Waals surface area (Å²) < 4.78 is 11.8. The van der Waals surface area contributed by atoms with E-state index in [9.17, 15) is 4.79 Å². The maximum Gasteiger partial charge on any atom is 0.330 e. The number of esters is 1. The van der Waals surface area contributed by atoms with E-state index in [0.29, 0.717) is 0 Å². The molecule has 0 saturated carbocycles. The molecule has 0 fully saturated rings. The normalized spacial score (nSPS) is 22.9. The molecule has 0 aliphatic heterocycles. The van der Waals surface area contributed by atoms with E-state index < -0.39 is 13.9 Å². The van der Waals surface area contributed by atoms with Crippen LogP contribution in [0.2, 0.25) is 18.1 Å². The van der Waals surface area contributed by atoms with Gasteiger partial charge in [0.2, 0.25) is 0 Å². The number of hydrogen-bond acceptors (Lipinski definition) is 3. The molecule has 1 rings (SSSR count). The lowest BCUT2D eigenvalue weighted by atomic mass is 9.88. The lowest BCUT2D eigenvalue weighted by Gasteiger charge is -2.45. The number of methoxy groups -OCH3 is 1. The van der Waals surface area contributed by atoms with Gasteiger partial charge in [0.25, 0.3) is 0 Å². The molecule has 0 aromatic carbocycles. The van der Waals surface area contributed by atoms with Gasteiger partial charge in [-0.2, -0.15) is 0 Å². The van der Waals surface area contributed by atoms with Crippen LogP contribution in [0.5, 0.6) is 0 Å². The fraction of sp³-hybridized carbons (Fsp3) is 0.696. The van der Waals surface area contributed by atoms with Crippen molar-refractivity contribution in [1.29, 1.82) is 0 Å². The zero-order valence-electron chi connectivity index (χ0n) is 19.0. The van der Waals surface area contributed by atoms with Crippen LogP contribution >= 0.6 is 0 Å². The van der Waals surface area contributed by atoms with Gasteiger partial charge in [0, 0.05) is 6.08 Å². The monoisotopic (exact) mass is 392 g/mol. The third kappa shape index (κ3) is 7.08. The Hall–Kier alpha value is -1.13. The Morgan fingerprint density at radius 3 is 2.44 bits per heavy atom. The Morgan fingerprint density at radius 2 is 1.93 bits per heavy atom. The molecular weight excluding hydrogens is 352 g/mol.